The summed E-state index contributed by atoms with van der Waals surface area (Å²) in [5.74, 6) is 0. The summed E-state index contributed by atoms with van der Waals surface area (Å²) in [5.41, 5.74) is 0. The van der Waals surface area contributed by atoms with E-state index in [1.807, 2.05) is 0 Å². The average Bonchev–Trinajstić information content (AvgIpc) is 2.13. The number of carbonyl (C=O) groups is 1. The molecular weight excluding hydrogens is 220 g/mol. The molecule has 1 aromatic rings. The normalized spacial score (nSPS) is 9.30. The molecule has 0 saturated heterocycles. The first-order chi connectivity index (χ1) is 4.68. The van der Waals surface area contributed by atoms with Gasteiger partial charge in [-0.05, 0) is 15.9 Å². The zero-order valence-electron chi connectivity index (χ0n) is 4.67. The van der Waals surface area contributed by atoms with E-state index in [0.29, 0.717) is 5.13 Å². The van der Waals surface area contributed by atoms with Gasteiger partial charge < -0.3 is 5.11 Å². The number of aromatic nitrogens is 1. The van der Waals surface area contributed by atoms with Gasteiger partial charge in [-0.2, -0.15) is 0 Å². The van der Waals surface area contributed by atoms with Gasteiger partial charge in [-0.1, -0.05) is 11.3 Å². The average molecular weight is 223 g/mol. The van der Waals surface area contributed by atoms with Crippen molar-refractivity contribution in [1.82, 2.24) is 4.98 Å². The summed E-state index contributed by atoms with van der Waals surface area (Å²) >= 11 is 4.37. The number of carboxylic acid groups (broad SMARTS) is 1. The molecule has 1 amide bonds. The molecule has 0 aromatic carbocycles. The summed E-state index contributed by atoms with van der Waals surface area (Å²) in [5, 5.41) is 10.7. The van der Waals surface area contributed by atoms with E-state index in [1.54, 1.807) is 0 Å². The molecule has 2 N–H and O–H groups in total. The summed E-state index contributed by atoms with van der Waals surface area (Å²) < 4.78 is 0.802. The summed E-state index contributed by atoms with van der Waals surface area (Å²) in [6.07, 6.45) is 0.442. The van der Waals surface area contributed by atoms with E-state index in [9.17, 15) is 4.79 Å². The van der Waals surface area contributed by atoms with Gasteiger partial charge in [0, 0.05) is 0 Å². The lowest BCUT2D eigenvalue weighted by Gasteiger charge is -1.89. The molecule has 0 saturated carbocycles. The van der Waals surface area contributed by atoms with E-state index in [4.69, 9.17) is 5.11 Å². The van der Waals surface area contributed by atoms with Crippen LogP contribution in [-0.2, 0) is 0 Å². The molecule has 0 bridgehead atoms. The molecule has 4 nitrogen and oxygen atoms in total. The van der Waals surface area contributed by atoms with Gasteiger partial charge in [0.15, 0.2) is 5.13 Å². The minimum atomic E-state index is -1.10. The maximum atomic E-state index is 10.0. The largest absolute Gasteiger partial charge is 0.465 e. The topological polar surface area (TPSA) is 62.2 Å². The molecule has 0 atom stereocenters. The predicted molar refractivity (Wildman–Crippen MR) is 41.5 cm³/mol. The van der Waals surface area contributed by atoms with Gasteiger partial charge in [-0.25, -0.2) is 9.78 Å². The van der Waals surface area contributed by atoms with Crippen molar-refractivity contribution in [2.45, 2.75) is 0 Å². The molecule has 0 aliphatic rings. The van der Waals surface area contributed by atoms with Crippen LogP contribution in [0.4, 0.5) is 9.93 Å². The number of nitrogens with zero attached hydrogens (tertiary/aromatic N) is 1. The van der Waals surface area contributed by atoms with Crippen molar-refractivity contribution in [1.29, 1.82) is 0 Å². The molecule has 0 spiro atoms. The third-order valence-corrected chi connectivity index (χ3v) is 2.08. The molecule has 1 heterocycles. The van der Waals surface area contributed by atoms with Crippen molar-refractivity contribution in [2.75, 3.05) is 5.32 Å². The van der Waals surface area contributed by atoms with Crippen LogP contribution in [0, 0.1) is 0 Å². The minimum absolute atomic E-state index is 0.374. The smallest absolute Gasteiger partial charge is 0.410 e. The number of nitrogens with one attached hydrogen (secondary N) is 1. The van der Waals surface area contributed by atoms with Gasteiger partial charge in [0.2, 0.25) is 0 Å². The standard InChI is InChI=1S/C4H3BrN2O2S/c5-2-1-6-3(10-2)7-4(8)9/h1H,(H,6,7)(H,8,9). The number of hydrogen-bond acceptors (Lipinski definition) is 3. The molecule has 0 unspecified atom stereocenters. The third kappa shape index (κ3) is 1.96. The Morgan fingerprint density at radius 1 is 1.90 bits per heavy atom. The Balaban J connectivity index is 2.67. The number of hydrogen-bond donors (Lipinski definition) is 2. The minimum Gasteiger partial charge on any atom is -0.465 e. The first kappa shape index (κ1) is 7.49. The Morgan fingerprint density at radius 3 is 3.00 bits per heavy atom. The van der Waals surface area contributed by atoms with Crippen LogP contribution in [0.25, 0.3) is 0 Å². The van der Waals surface area contributed by atoms with Crippen molar-refractivity contribution in [3.63, 3.8) is 0 Å². The van der Waals surface area contributed by atoms with Gasteiger partial charge in [-0.15, -0.1) is 0 Å². The molecule has 10 heavy (non-hydrogen) atoms. The van der Waals surface area contributed by atoms with Gasteiger partial charge in [0.05, 0.1) is 9.98 Å². The maximum Gasteiger partial charge on any atom is 0.410 e. The van der Waals surface area contributed by atoms with Gasteiger partial charge in [0.25, 0.3) is 0 Å². The molecular formula is C4H3BrN2O2S. The monoisotopic (exact) mass is 222 g/mol. The Bertz CT molecular complexity index is 249. The second-order valence-corrected chi connectivity index (χ2v) is 3.81. The zero-order chi connectivity index (χ0) is 7.56. The summed E-state index contributed by atoms with van der Waals surface area (Å²) in [7, 11) is 0. The first-order valence-corrected chi connectivity index (χ1v) is 3.90. The lowest BCUT2D eigenvalue weighted by molar-refractivity contribution is 0.209. The molecule has 0 aliphatic carbocycles. The predicted octanol–water partition coefficient (Wildman–Crippen LogP) is 2.00. The maximum absolute atomic E-state index is 10.0. The fourth-order valence-corrected chi connectivity index (χ4v) is 1.50. The van der Waals surface area contributed by atoms with Crippen LogP contribution in [0.15, 0.2) is 9.98 Å². The van der Waals surface area contributed by atoms with Gasteiger partial charge in [0.1, 0.15) is 0 Å². The molecule has 0 fully saturated rings. The lowest BCUT2D eigenvalue weighted by Crippen LogP contribution is -2.06. The van der Waals surface area contributed by atoms with Crippen LogP contribution in [-0.4, -0.2) is 16.2 Å². The third-order valence-electron chi connectivity index (χ3n) is 0.691. The van der Waals surface area contributed by atoms with Crippen LogP contribution in [0.1, 0.15) is 0 Å². The van der Waals surface area contributed by atoms with Crippen LogP contribution >= 0.6 is 27.3 Å². The van der Waals surface area contributed by atoms with E-state index in [-0.39, 0.29) is 0 Å². The Morgan fingerprint density at radius 2 is 2.60 bits per heavy atom. The van der Waals surface area contributed by atoms with Crippen LogP contribution in [0.2, 0.25) is 0 Å². The highest BCUT2D eigenvalue weighted by Gasteiger charge is 2.00. The quantitative estimate of drug-likeness (QED) is 0.765. The van der Waals surface area contributed by atoms with Crippen molar-refractivity contribution in [3.05, 3.63) is 9.98 Å². The highest BCUT2D eigenvalue weighted by molar-refractivity contribution is 9.11. The SMILES string of the molecule is O=C(O)Nc1ncc(Br)s1. The van der Waals surface area contributed by atoms with E-state index in [2.05, 4.69) is 26.2 Å². The second-order valence-electron chi connectivity index (χ2n) is 1.40. The number of halogens is 1. The van der Waals surface area contributed by atoms with Gasteiger partial charge >= 0.3 is 6.09 Å². The Labute approximate surface area is 69.0 Å². The van der Waals surface area contributed by atoms with E-state index in [0.717, 1.165) is 3.79 Å². The Hall–Kier alpha value is -0.620. The Kier molecular flexibility index (Phi) is 2.23. The zero-order valence-corrected chi connectivity index (χ0v) is 7.07. The fraction of sp³-hybridized carbons (Fsp3) is 0. The summed E-state index contributed by atoms with van der Waals surface area (Å²) in [6, 6.07) is 0. The van der Waals surface area contributed by atoms with Crippen LogP contribution in [0.3, 0.4) is 0 Å². The molecule has 0 radical (unpaired) electrons. The van der Waals surface area contributed by atoms with E-state index >= 15 is 0 Å². The molecule has 1 rings (SSSR count). The van der Waals surface area contributed by atoms with E-state index < -0.39 is 6.09 Å². The second kappa shape index (κ2) is 2.98. The van der Waals surface area contributed by atoms with Crippen molar-refractivity contribution >= 4 is 38.5 Å². The van der Waals surface area contributed by atoms with E-state index in [1.165, 1.54) is 17.5 Å². The molecule has 1 aromatic heterocycles. The molecule has 6 heteroatoms. The highest BCUT2D eigenvalue weighted by Crippen LogP contribution is 2.22. The van der Waals surface area contributed by atoms with Gasteiger partial charge in [-0.3, -0.25) is 5.32 Å². The number of rotatable bonds is 1. The van der Waals surface area contributed by atoms with Crippen LogP contribution < -0.4 is 5.32 Å². The summed E-state index contributed by atoms with van der Waals surface area (Å²) in [6.45, 7) is 0. The highest BCUT2D eigenvalue weighted by atomic mass is 79.9. The first-order valence-electron chi connectivity index (χ1n) is 2.30. The number of amides is 1. The number of thiazole rings is 1. The summed E-state index contributed by atoms with van der Waals surface area (Å²) in [4.78, 5) is 13.8. The van der Waals surface area contributed by atoms with Crippen molar-refractivity contribution in [2.24, 2.45) is 0 Å². The lowest BCUT2D eigenvalue weighted by atomic mass is 11.0. The molecule has 0 aliphatic heterocycles. The molecule has 54 valence electrons. The fourth-order valence-electron chi connectivity index (χ4n) is 0.404. The van der Waals surface area contributed by atoms with Crippen molar-refractivity contribution in [3.8, 4) is 0 Å². The van der Waals surface area contributed by atoms with Crippen molar-refractivity contribution < 1.29 is 9.90 Å². The van der Waals surface area contributed by atoms with Crippen LogP contribution in [0.5, 0.6) is 0 Å². The number of anilines is 1.